The summed E-state index contributed by atoms with van der Waals surface area (Å²) in [6, 6.07) is 7.74. The number of hydrogen-bond donors (Lipinski definition) is 0. The number of hydrogen-bond acceptors (Lipinski definition) is 9. The molecule has 2 atom stereocenters. The van der Waals surface area contributed by atoms with Crippen LogP contribution in [0.4, 0.5) is 32.0 Å². The summed E-state index contributed by atoms with van der Waals surface area (Å²) in [5.41, 5.74) is -3.20. The van der Waals surface area contributed by atoms with E-state index in [-0.39, 0.29) is 51.3 Å². The Hall–Kier alpha value is -4.51. The largest absolute Gasteiger partial charge is 0.489 e. The average molecular weight is 797 g/mol. The van der Waals surface area contributed by atoms with Crippen molar-refractivity contribution in [1.82, 2.24) is 14.8 Å². The van der Waals surface area contributed by atoms with Crippen molar-refractivity contribution in [2.24, 2.45) is 0 Å². The number of carbonyl (C=O) groups excluding carboxylic acids is 2. The molecule has 2 amide bonds. The third-order valence-corrected chi connectivity index (χ3v) is 10.9. The van der Waals surface area contributed by atoms with Crippen LogP contribution in [0.2, 0.25) is 0 Å². The number of para-hydroxylation sites is 2. The highest BCUT2D eigenvalue weighted by Gasteiger charge is 2.56. The molecule has 0 unspecified atom stereocenters. The molecule has 5 heterocycles. The van der Waals surface area contributed by atoms with E-state index >= 15 is 4.79 Å². The van der Waals surface area contributed by atoms with Gasteiger partial charge in [-0.15, -0.1) is 11.3 Å². The van der Waals surface area contributed by atoms with Crippen LogP contribution in [0, 0.1) is 0 Å². The molecule has 1 aromatic carbocycles. The molecule has 2 aromatic heterocycles. The van der Waals surface area contributed by atoms with E-state index in [1.807, 2.05) is 30.3 Å². The number of nitrogens with zero attached hydrogens (tertiary/aromatic N) is 4. The van der Waals surface area contributed by atoms with Gasteiger partial charge in [0, 0.05) is 63.9 Å². The van der Waals surface area contributed by atoms with Crippen LogP contribution in [0.25, 0.3) is 0 Å². The molecular formula is C38H42F6N4O6S. The first kappa shape index (κ1) is 40.2. The Bertz CT molecular complexity index is 1830. The van der Waals surface area contributed by atoms with Gasteiger partial charge in [-0.05, 0) is 50.3 Å². The van der Waals surface area contributed by atoms with E-state index < -0.39 is 57.7 Å². The van der Waals surface area contributed by atoms with E-state index in [0.717, 1.165) is 23.3 Å². The van der Waals surface area contributed by atoms with Gasteiger partial charge in [0.1, 0.15) is 28.5 Å². The number of aromatic nitrogens is 1. The predicted molar refractivity (Wildman–Crippen MR) is 192 cm³/mol. The molecule has 55 heavy (non-hydrogen) atoms. The van der Waals surface area contributed by atoms with Crippen molar-refractivity contribution < 1.29 is 54.9 Å². The lowest BCUT2D eigenvalue weighted by Crippen LogP contribution is -2.69. The molecule has 0 bridgehead atoms. The van der Waals surface area contributed by atoms with Crippen LogP contribution < -0.4 is 19.1 Å². The summed E-state index contributed by atoms with van der Waals surface area (Å²) in [5.74, 6) is -1.72. The molecule has 0 aliphatic carbocycles. The van der Waals surface area contributed by atoms with Crippen LogP contribution >= 0.6 is 11.3 Å². The molecule has 0 spiro atoms. The first-order valence-electron chi connectivity index (χ1n) is 18.1. The summed E-state index contributed by atoms with van der Waals surface area (Å²) >= 11 is 0.398. The molecular weight excluding hydrogens is 754 g/mol. The van der Waals surface area contributed by atoms with Crippen LogP contribution in [-0.2, 0) is 21.9 Å². The standard InChI is InChI=1S/C38H42F6N4O6S/c1-51-22-23-52-29-11-7-6-10-28(29)46-17-19-47(20-18-46)35(50)36(54-26-24-31(55-25-26)38(42,43)44)14-9-16-48-30(36)12-5-3-2-4-8-21-53-33-32(34(48)49)27(13-15-45-33)37(39,40)41/h3,5-7,10-11,13,15,24-25,30H,2,4,8-9,12,14,16-23H2,1H3/t30-,36+/m1/s1. The minimum Gasteiger partial charge on any atom is -0.489 e. The lowest BCUT2D eigenvalue weighted by atomic mass is 9.80. The maximum Gasteiger partial charge on any atom is 0.425 e. The van der Waals surface area contributed by atoms with Gasteiger partial charge >= 0.3 is 12.4 Å². The molecule has 3 aliphatic rings. The summed E-state index contributed by atoms with van der Waals surface area (Å²) in [6.45, 7) is 1.78. The quantitative estimate of drug-likeness (QED) is 0.132. The minimum absolute atomic E-state index is 0.00969. The fraction of sp³-hybridized carbons (Fsp3) is 0.500. The number of anilines is 1. The second-order valence-corrected chi connectivity index (χ2v) is 14.3. The zero-order valence-electron chi connectivity index (χ0n) is 30.2. The molecule has 3 aromatic rings. The number of amides is 2. The summed E-state index contributed by atoms with van der Waals surface area (Å²) < 4.78 is 108. The van der Waals surface area contributed by atoms with Crippen molar-refractivity contribution in [1.29, 1.82) is 0 Å². The molecule has 0 saturated carbocycles. The number of methoxy groups -OCH3 is 1. The van der Waals surface area contributed by atoms with Crippen molar-refractivity contribution in [2.75, 3.05) is 64.6 Å². The predicted octanol–water partition coefficient (Wildman–Crippen LogP) is 7.49. The molecule has 0 radical (unpaired) electrons. The Balaban J connectivity index is 1.39. The zero-order valence-corrected chi connectivity index (χ0v) is 31.0. The second kappa shape index (κ2) is 17.1. The van der Waals surface area contributed by atoms with E-state index in [2.05, 4.69) is 9.88 Å². The number of fused-ring (bicyclic) bond motifs is 2. The van der Waals surface area contributed by atoms with E-state index in [0.29, 0.717) is 68.7 Å². The highest BCUT2D eigenvalue weighted by Crippen LogP contribution is 2.44. The number of benzene rings is 1. The number of carbonyl (C=O) groups is 2. The van der Waals surface area contributed by atoms with Gasteiger partial charge < -0.3 is 33.6 Å². The lowest BCUT2D eigenvalue weighted by Gasteiger charge is -2.50. The SMILES string of the molecule is COCCOc1ccccc1N1CCN(C(=O)[C@]2(Oc3csc(C(F)(F)F)c3)CCCN3C(=O)c4c(C(F)(F)F)ccnc4OCCCCC=CC[C@@H]32)CC1. The van der Waals surface area contributed by atoms with Crippen LogP contribution in [0.3, 0.4) is 0 Å². The molecule has 17 heteroatoms. The van der Waals surface area contributed by atoms with Crippen LogP contribution in [0.15, 0.2) is 60.1 Å². The van der Waals surface area contributed by atoms with E-state index in [4.69, 9.17) is 18.9 Å². The summed E-state index contributed by atoms with van der Waals surface area (Å²) in [6.07, 6.45) is -3.35. The number of piperidine rings is 1. The Morgan fingerprint density at radius 3 is 2.49 bits per heavy atom. The number of pyridine rings is 1. The molecule has 10 nitrogen and oxygen atoms in total. The fourth-order valence-electron chi connectivity index (χ4n) is 7.30. The summed E-state index contributed by atoms with van der Waals surface area (Å²) in [7, 11) is 1.57. The first-order valence-corrected chi connectivity index (χ1v) is 19.0. The van der Waals surface area contributed by atoms with Crippen molar-refractivity contribution in [3.63, 3.8) is 0 Å². The third-order valence-electron chi connectivity index (χ3n) is 9.92. The number of alkyl halides is 6. The van der Waals surface area contributed by atoms with Crippen molar-refractivity contribution >= 4 is 28.8 Å². The summed E-state index contributed by atoms with van der Waals surface area (Å²) in [5, 5.41) is 1.15. The van der Waals surface area contributed by atoms with Crippen molar-refractivity contribution in [2.45, 2.75) is 62.5 Å². The number of allylic oxidation sites excluding steroid dienone is 1. The smallest absolute Gasteiger partial charge is 0.425 e. The van der Waals surface area contributed by atoms with E-state index in [1.165, 1.54) is 4.90 Å². The highest BCUT2D eigenvalue weighted by molar-refractivity contribution is 7.10. The number of halogens is 6. The normalized spacial score (nSPS) is 21.4. The maximum atomic E-state index is 15.1. The van der Waals surface area contributed by atoms with Gasteiger partial charge in [0.25, 0.3) is 11.8 Å². The Kier molecular flexibility index (Phi) is 12.5. The van der Waals surface area contributed by atoms with Crippen molar-refractivity contribution in [3.8, 4) is 17.4 Å². The monoisotopic (exact) mass is 796 g/mol. The first-order chi connectivity index (χ1) is 26.3. The number of rotatable bonds is 8. The van der Waals surface area contributed by atoms with Gasteiger partial charge in [0.15, 0.2) is 0 Å². The lowest BCUT2D eigenvalue weighted by molar-refractivity contribution is -0.159. The minimum atomic E-state index is -4.95. The van der Waals surface area contributed by atoms with Gasteiger partial charge in [-0.1, -0.05) is 24.3 Å². The van der Waals surface area contributed by atoms with Gasteiger partial charge in [-0.3, -0.25) is 9.59 Å². The van der Waals surface area contributed by atoms with Crippen LogP contribution in [0.1, 0.15) is 59.3 Å². The van der Waals surface area contributed by atoms with Crippen molar-refractivity contribution in [3.05, 3.63) is 76.1 Å². The Morgan fingerprint density at radius 1 is 0.982 bits per heavy atom. The van der Waals surface area contributed by atoms with Gasteiger partial charge in [-0.2, -0.15) is 26.3 Å². The molecule has 6 rings (SSSR count). The van der Waals surface area contributed by atoms with Crippen LogP contribution in [0.5, 0.6) is 17.4 Å². The topological polar surface area (TPSA) is 93.7 Å². The molecule has 2 fully saturated rings. The second-order valence-electron chi connectivity index (χ2n) is 13.4. The average Bonchev–Trinajstić information content (AvgIpc) is 3.65. The number of thiophene rings is 1. The summed E-state index contributed by atoms with van der Waals surface area (Å²) in [4.78, 5) is 37.5. The zero-order chi connectivity index (χ0) is 39.2. The van der Waals surface area contributed by atoms with Gasteiger partial charge in [0.05, 0.1) is 30.5 Å². The highest BCUT2D eigenvalue weighted by atomic mass is 32.1. The Labute approximate surface area is 318 Å². The Morgan fingerprint density at radius 2 is 1.76 bits per heavy atom. The molecule has 2 saturated heterocycles. The van der Waals surface area contributed by atoms with E-state index in [9.17, 15) is 31.1 Å². The molecule has 298 valence electrons. The van der Waals surface area contributed by atoms with Crippen LogP contribution in [-0.4, -0.2) is 97.9 Å². The fourth-order valence-corrected chi connectivity index (χ4v) is 7.98. The number of ether oxygens (including phenoxy) is 4. The number of piperazine rings is 1. The van der Waals surface area contributed by atoms with Gasteiger partial charge in [0.2, 0.25) is 11.5 Å². The molecule has 3 aliphatic heterocycles. The molecule has 0 N–H and O–H groups in total. The third kappa shape index (κ3) is 8.98. The maximum absolute atomic E-state index is 15.1. The van der Waals surface area contributed by atoms with Gasteiger partial charge in [-0.25, -0.2) is 4.98 Å². The van der Waals surface area contributed by atoms with E-state index in [1.54, 1.807) is 18.1 Å².